The maximum absolute atomic E-state index is 6.07. The van der Waals surface area contributed by atoms with Gasteiger partial charge in [-0.2, -0.15) is 0 Å². The average Bonchev–Trinajstić information content (AvgIpc) is 2.69. The molecule has 0 saturated carbocycles. The van der Waals surface area contributed by atoms with E-state index in [4.69, 9.17) is 5.84 Å². The van der Waals surface area contributed by atoms with Gasteiger partial charge in [-0.25, -0.2) is 4.40 Å². The van der Waals surface area contributed by atoms with Gasteiger partial charge in [-0.1, -0.05) is 36.4 Å². The number of hydrogen-bond donors (Lipinski definition) is 1. The highest BCUT2D eigenvalue weighted by Gasteiger charge is 2.15. The molecule has 0 radical (unpaired) electrons. The van der Waals surface area contributed by atoms with Gasteiger partial charge in [0, 0.05) is 11.6 Å². The van der Waals surface area contributed by atoms with Crippen LogP contribution in [0, 0.1) is 0 Å². The van der Waals surface area contributed by atoms with Crippen molar-refractivity contribution in [1.82, 2.24) is 4.68 Å². The second-order valence-electron chi connectivity index (χ2n) is 3.72. The summed E-state index contributed by atoms with van der Waals surface area (Å²) in [6, 6.07) is 16.1. The SMILES string of the molecule is Nn1c(-c2ccccc2)c[n+]2ccccc12.[Cl-]. The highest BCUT2D eigenvalue weighted by atomic mass is 35.5. The number of nitrogens with zero attached hydrogens (tertiary/aromatic N) is 2. The number of pyridine rings is 1. The highest BCUT2D eigenvalue weighted by molar-refractivity contribution is 5.61. The van der Waals surface area contributed by atoms with E-state index in [0.717, 1.165) is 16.9 Å². The molecule has 0 amide bonds. The van der Waals surface area contributed by atoms with Crippen LogP contribution >= 0.6 is 0 Å². The van der Waals surface area contributed by atoms with Crippen LogP contribution in [-0.2, 0) is 0 Å². The average molecular weight is 246 g/mol. The minimum absolute atomic E-state index is 0. The Kier molecular flexibility index (Phi) is 3.02. The van der Waals surface area contributed by atoms with Gasteiger partial charge in [0.15, 0.2) is 5.69 Å². The predicted molar refractivity (Wildman–Crippen MR) is 63.2 cm³/mol. The van der Waals surface area contributed by atoms with Crippen molar-refractivity contribution in [1.29, 1.82) is 0 Å². The van der Waals surface area contributed by atoms with Crippen LogP contribution in [0.2, 0.25) is 0 Å². The first kappa shape index (κ1) is 11.5. The molecule has 17 heavy (non-hydrogen) atoms. The summed E-state index contributed by atoms with van der Waals surface area (Å²) in [6.45, 7) is 0. The Hall–Kier alpha value is -2.00. The quantitative estimate of drug-likeness (QED) is 0.416. The Balaban J connectivity index is 0.00000108. The Morgan fingerprint density at radius 2 is 1.65 bits per heavy atom. The molecule has 0 unspecified atom stereocenters. The third-order valence-corrected chi connectivity index (χ3v) is 2.70. The topological polar surface area (TPSA) is 35.0 Å². The molecule has 0 atom stereocenters. The maximum Gasteiger partial charge on any atom is 0.309 e. The lowest BCUT2D eigenvalue weighted by atomic mass is 10.2. The van der Waals surface area contributed by atoms with Crippen molar-refractivity contribution in [2.24, 2.45) is 0 Å². The number of hydrogen-bond acceptors (Lipinski definition) is 1. The summed E-state index contributed by atoms with van der Waals surface area (Å²) in [6.07, 6.45) is 4.02. The van der Waals surface area contributed by atoms with E-state index in [0.29, 0.717) is 0 Å². The normalized spacial score (nSPS) is 10.1. The van der Waals surface area contributed by atoms with Crippen molar-refractivity contribution in [3.8, 4) is 11.3 Å². The lowest BCUT2D eigenvalue weighted by molar-refractivity contribution is -0.510. The van der Waals surface area contributed by atoms with E-state index < -0.39 is 0 Å². The molecule has 0 aliphatic rings. The molecule has 1 aromatic carbocycles. The number of rotatable bonds is 1. The molecule has 86 valence electrons. The molecule has 2 N–H and O–H groups in total. The third-order valence-electron chi connectivity index (χ3n) is 2.70. The smallest absolute Gasteiger partial charge is 0.309 e. The van der Waals surface area contributed by atoms with Crippen molar-refractivity contribution >= 4 is 5.65 Å². The van der Waals surface area contributed by atoms with Crippen molar-refractivity contribution in [2.75, 3.05) is 5.84 Å². The summed E-state index contributed by atoms with van der Waals surface area (Å²) in [7, 11) is 0. The van der Waals surface area contributed by atoms with Crippen LogP contribution in [0.25, 0.3) is 16.9 Å². The molecule has 3 rings (SSSR count). The zero-order valence-corrected chi connectivity index (χ0v) is 9.88. The van der Waals surface area contributed by atoms with Crippen LogP contribution in [0.15, 0.2) is 60.9 Å². The molecule has 0 spiro atoms. The minimum atomic E-state index is 0. The fourth-order valence-corrected chi connectivity index (χ4v) is 1.90. The Morgan fingerprint density at radius 1 is 0.941 bits per heavy atom. The summed E-state index contributed by atoms with van der Waals surface area (Å²) in [5.74, 6) is 6.07. The number of aromatic nitrogens is 2. The Bertz CT molecular complexity index is 631. The zero-order valence-electron chi connectivity index (χ0n) is 9.12. The maximum atomic E-state index is 6.07. The van der Waals surface area contributed by atoms with Crippen LogP contribution in [0.5, 0.6) is 0 Å². The molecule has 0 saturated heterocycles. The first-order chi connectivity index (χ1) is 7.86. The standard InChI is InChI=1S/C13H12N3.ClH/c14-16-12(11-6-2-1-3-7-11)10-15-9-5-4-8-13(15)16;/h1-10H,14H2;1H/q+1;/p-1. The zero-order chi connectivity index (χ0) is 11.0. The van der Waals surface area contributed by atoms with E-state index in [-0.39, 0.29) is 12.4 Å². The van der Waals surface area contributed by atoms with E-state index in [1.807, 2.05) is 53.2 Å². The Morgan fingerprint density at radius 3 is 2.35 bits per heavy atom. The summed E-state index contributed by atoms with van der Waals surface area (Å²) < 4.78 is 3.72. The first-order valence-electron chi connectivity index (χ1n) is 5.18. The van der Waals surface area contributed by atoms with Crippen LogP contribution < -0.4 is 22.7 Å². The van der Waals surface area contributed by atoms with Crippen LogP contribution in [-0.4, -0.2) is 4.68 Å². The molecule has 4 heteroatoms. The number of imidazole rings is 1. The number of halogens is 1. The fourth-order valence-electron chi connectivity index (χ4n) is 1.90. The van der Waals surface area contributed by atoms with Crippen LogP contribution in [0.1, 0.15) is 0 Å². The van der Waals surface area contributed by atoms with Gasteiger partial charge in [-0.05, 0) is 6.07 Å². The monoisotopic (exact) mass is 245 g/mol. The summed E-state index contributed by atoms with van der Waals surface area (Å²) in [5.41, 5.74) is 3.10. The van der Waals surface area contributed by atoms with Gasteiger partial charge >= 0.3 is 5.65 Å². The number of benzene rings is 1. The minimum Gasteiger partial charge on any atom is -1.00 e. The summed E-state index contributed by atoms with van der Waals surface area (Å²) in [4.78, 5) is 0. The fraction of sp³-hybridized carbons (Fsp3) is 0. The van der Waals surface area contributed by atoms with Gasteiger partial charge < -0.3 is 12.4 Å². The van der Waals surface area contributed by atoms with Crippen molar-refractivity contribution < 1.29 is 16.8 Å². The highest BCUT2D eigenvalue weighted by Crippen LogP contribution is 2.17. The molecular weight excluding hydrogens is 234 g/mol. The largest absolute Gasteiger partial charge is 1.00 e. The lowest BCUT2D eigenvalue weighted by Gasteiger charge is -1.94. The van der Waals surface area contributed by atoms with E-state index in [2.05, 4.69) is 12.1 Å². The number of nitrogens with two attached hydrogens (primary N) is 1. The molecule has 3 nitrogen and oxygen atoms in total. The summed E-state index contributed by atoms with van der Waals surface area (Å²) in [5, 5.41) is 0. The second-order valence-corrected chi connectivity index (χ2v) is 3.72. The second kappa shape index (κ2) is 4.47. The van der Waals surface area contributed by atoms with Crippen molar-refractivity contribution in [3.05, 3.63) is 60.9 Å². The van der Waals surface area contributed by atoms with Crippen molar-refractivity contribution in [3.63, 3.8) is 0 Å². The first-order valence-corrected chi connectivity index (χ1v) is 5.18. The van der Waals surface area contributed by atoms with E-state index in [1.165, 1.54) is 0 Å². The van der Waals surface area contributed by atoms with Gasteiger partial charge in [0.1, 0.15) is 6.20 Å². The van der Waals surface area contributed by atoms with E-state index in [9.17, 15) is 0 Å². The summed E-state index contributed by atoms with van der Waals surface area (Å²) >= 11 is 0. The Labute approximate surface area is 105 Å². The number of nitrogen functional groups attached to an aromatic ring is 1. The molecule has 0 bridgehead atoms. The van der Waals surface area contributed by atoms with Gasteiger partial charge in [0.2, 0.25) is 0 Å². The van der Waals surface area contributed by atoms with Crippen LogP contribution in [0.4, 0.5) is 0 Å². The van der Waals surface area contributed by atoms with Gasteiger partial charge in [0.25, 0.3) is 0 Å². The number of fused-ring (bicyclic) bond motifs is 1. The molecule has 0 fully saturated rings. The molecule has 0 aliphatic heterocycles. The van der Waals surface area contributed by atoms with Crippen molar-refractivity contribution in [2.45, 2.75) is 0 Å². The molecule has 2 aromatic heterocycles. The molecular formula is C13H12ClN3. The van der Waals surface area contributed by atoms with E-state index >= 15 is 0 Å². The van der Waals surface area contributed by atoms with Gasteiger partial charge in [0.05, 0.1) is 6.20 Å². The van der Waals surface area contributed by atoms with Gasteiger partial charge in [-0.3, -0.25) is 5.84 Å². The lowest BCUT2D eigenvalue weighted by Crippen LogP contribution is -3.00. The molecule has 0 aliphatic carbocycles. The van der Waals surface area contributed by atoms with Crippen LogP contribution in [0.3, 0.4) is 0 Å². The van der Waals surface area contributed by atoms with Gasteiger partial charge in [-0.15, -0.1) is 4.68 Å². The molecule has 3 aromatic rings. The third kappa shape index (κ3) is 1.85. The molecule has 2 heterocycles. The predicted octanol–water partition coefficient (Wildman–Crippen LogP) is -1.39. The van der Waals surface area contributed by atoms with E-state index in [1.54, 1.807) is 4.68 Å².